The summed E-state index contributed by atoms with van der Waals surface area (Å²) in [6.07, 6.45) is 2.65. The van der Waals surface area contributed by atoms with Crippen LogP contribution in [0.3, 0.4) is 0 Å². The van der Waals surface area contributed by atoms with Crippen LogP contribution in [-0.2, 0) is 13.6 Å². The van der Waals surface area contributed by atoms with Crippen LogP contribution in [0.15, 0.2) is 12.1 Å². The highest BCUT2D eigenvalue weighted by molar-refractivity contribution is 5.92. The maximum atomic E-state index is 5.53. The van der Waals surface area contributed by atoms with Crippen molar-refractivity contribution in [3.05, 3.63) is 29.0 Å². The van der Waals surface area contributed by atoms with Gasteiger partial charge in [-0.25, -0.2) is 0 Å². The van der Waals surface area contributed by atoms with Gasteiger partial charge >= 0.3 is 0 Å². The van der Waals surface area contributed by atoms with Crippen LogP contribution >= 0.6 is 0 Å². The highest BCUT2D eigenvalue weighted by atomic mass is 16.5. The van der Waals surface area contributed by atoms with Crippen LogP contribution in [0.1, 0.15) is 29.7 Å². The zero-order chi connectivity index (χ0) is 13.6. The molecule has 0 aliphatic heterocycles. The highest BCUT2D eigenvalue weighted by Crippen LogP contribution is 2.34. The van der Waals surface area contributed by atoms with Gasteiger partial charge in [0.2, 0.25) is 0 Å². The van der Waals surface area contributed by atoms with Gasteiger partial charge in [0.1, 0.15) is 5.75 Å². The summed E-state index contributed by atoms with van der Waals surface area (Å²) in [6, 6.07) is 4.95. The fourth-order valence-electron chi connectivity index (χ4n) is 2.95. The van der Waals surface area contributed by atoms with E-state index in [1.807, 2.05) is 0 Å². The lowest BCUT2D eigenvalue weighted by molar-refractivity contribution is 0.417. The summed E-state index contributed by atoms with van der Waals surface area (Å²) >= 11 is 0. The van der Waals surface area contributed by atoms with Crippen LogP contribution in [0.5, 0.6) is 5.75 Å². The van der Waals surface area contributed by atoms with E-state index in [0.29, 0.717) is 0 Å². The smallest absolute Gasteiger partial charge is 0.143 e. The molecule has 0 atom stereocenters. The molecule has 3 rings (SSSR count). The Morgan fingerprint density at radius 3 is 2.68 bits per heavy atom. The first kappa shape index (κ1) is 12.5. The molecule has 2 aromatic rings. The van der Waals surface area contributed by atoms with Gasteiger partial charge in [-0.1, -0.05) is 6.07 Å². The van der Waals surface area contributed by atoms with E-state index in [-0.39, 0.29) is 0 Å². The number of benzene rings is 1. The Morgan fingerprint density at radius 2 is 2.05 bits per heavy atom. The molecule has 1 aromatic heterocycles. The first-order valence-electron chi connectivity index (χ1n) is 6.98. The molecule has 1 aliphatic carbocycles. The predicted molar refractivity (Wildman–Crippen MR) is 78.8 cm³/mol. The summed E-state index contributed by atoms with van der Waals surface area (Å²) in [6.45, 7) is 5.34. The second kappa shape index (κ2) is 4.57. The second-order valence-electron chi connectivity index (χ2n) is 5.59. The van der Waals surface area contributed by atoms with E-state index < -0.39 is 0 Å². The Labute approximate surface area is 114 Å². The average molecular weight is 258 g/mol. The molecule has 1 aromatic carbocycles. The van der Waals surface area contributed by atoms with E-state index >= 15 is 0 Å². The zero-order valence-electron chi connectivity index (χ0n) is 12.2. The molecule has 1 saturated carbocycles. The van der Waals surface area contributed by atoms with Gasteiger partial charge in [-0.05, 0) is 43.9 Å². The molecule has 0 amide bonds. The molecule has 0 unspecified atom stereocenters. The molecule has 0 bridgehead atoms. The topological polar surface area (TPSA) is 26.2 Å². The van der Waals surface area contributed by atoms with Gasteiger partial charge in [0, 0.05) is 30.7 Å². The van der Waals surface area contributed by atoms with Crippen LogP contribution in [0.4, 0.5) is 0 Å². The monoisotopic (exact) mass is 258 g/mol. The van der Waals surface area contributed by atoms with Gasteiger partial charge in [-0.3, -0.25) is 0 Å². The first-order valence-corrected chi connectivity index (χ1v) is 6.98. The lowest BCUT2D eigenvalue weighted by Gasteiger charge is -2.08. The van der Waals surface area contributed by atoms with Crippen molar-refractivity contribution < 1.29 is 4.74 Å². The molecular formula is C16H22N2O. The van der Waals surface area contributed by atoms with E-state index in [2.05, 4.69) is 42.9 Å². The highest BCUT2D eigenvalue weighted by Gasteiger charge is 2.22. The molecular weight excluding hydrogens is 236 g/mol. The van der Waals surface area contributed by atoms with E-state index in [1.165, 1.54) is 40.6 Å². The number of aryl methyl sites for hydroxylation is 3. The van der Waals surface area contributed by atoms with Gasteiger partial charge in [0.15, 0.2) is 0 Å². The number of hydrogen-bond donors (Lipinski definition) is 1. The molecule has 1 aliphatic rings. The molecule has 0 spiro atoms. The molecule has 3 nitrogen and oxygen atoms in total. The van der Waals surface area contributed by atoms with Gasteiger partial charge in [0.25, 0.3) is 0 Å². The van der Waals surface area contributed by atoms with Gasteiger partial charge in [-0.15, -0.1) is 0 Å². The summed E-state index contributed by atoms with van der Waals surface area (Å²) in [5.74, 6) is 0.962. The quantitative estimate of drug-likeness (QED) is 0.912. The maximum absolute atomic E-state index is 5.53. The van der Waals surface area contributed by atoms with Crippen molar-refractivity contribution in [2.45, 2.75) is 39.3 Å². The lowest BCUT2D eigenvalue weighted by atomic mass is 10.1. The standard InChI is InChI=1S/C16H22N2O/c1-10-5-8-14(19-4)16-15(10)11(2)13(18(16)3)9-17-12-6-7-12/h5,8,12,17H,6-7,9H2,1-4H3. The molecule has 19 heavy (non-hydrogen) atoms. The zero-order valence-corrected chi connectivity index (χ0v) is 12.2. The van der Waals surface area contributed by atoms with Crippen LogP contribution < -0.4 is 10.1 Å². The third-order valence-electron chi connectivity index (χ3n) is 4.25. The predicted octanol–water partition coefficient (Wildman–Crippen LogP) is 3.06. The average Bonchev–Trinajstić information content (AvgIpc) is 3.18. The van der Waals surface area contributed by atoms with Gasteiger partial charge < -0.3 is 14.6 Å². The second-order valence-corrected chi connectivity index (χ2v) is 5.59. The van der Waals surface area contributed by atoms with E-state index in [0.717, 1.165) is 18.3 Å². The third kappa shape index (κ3) is 2.02. The normalized spacial score (nSPS) is 15.2. The van der Waals surface area contributed by atoms with E-state index in [9.17, 15) is 0 Å². The number of methoxy groups -OCH3 is 1. The van der Waals surface area contributed by atoms with Crippen molar-refractivity contribution in [1.29, 1.82) is 0 Å². The minimum Gasteiger partial charge on any atom is -0.495 e. The van der Waals surface area contributed by atoms with Crippen LogP contribution in [-0.4, -0.2) is 17.7 Å². The van der Waals surface area contributed by atoms with Crippen molar-refractivity contribution in [1.82, 2.24) is 9.88 Å². The fourth-order valence-corrected chi connectivity index (χ4v) is 2.95. The Hall–Kier alpha value is -1.48. The van der Waals surface area contributed by atoms with Crippen LogP contribution in [0.25, 0.3) is 10.9 Å². The van der Waals surface area contributed by atoms with Gasteiger partial charge in [-0.2, -0.15) is 0 Å². The van der Waals surface area contributed by atoms with Crippen molar-refractivity contribution in [3.8, 4) is 5.75 Å². The van der Waals surface area contributed by atoms with Crippen LogP contribution in [0.2, 0.25) is 0 Å². The SMILES string of the molecule is COc1ccc(C)c2c(C)c(CNC3CC3)n(C)c12. The molecule has 0 radical (unpaired) electrons. The molecule has 0 saturated heterocycles. The van der Waals surface area contributed by atoms with Crippen molar-refractivity contribution >= 4 is 10.9 Å². The summed E-state index contributed by atoms with van der Waals surface area (Å²) in [4.78, 5) is 0. The molecule has 1 heterocycles. The van der Waals surface area contributed by atoms with Crippen molar-refractivity contribution in [2.24, 2.45) is 7.05 Å². The lowest BCUT2D eigenvalue weighted by Crippen LogP contribution is -2.18. The maximum Gasteiger partial charge on any atom is 0.143 e. The third-order valence-corrected chi connectivity index (χ3v) is 4.25. The summed E-state index contributed by atoms with van der Waals surface area (Å²) in [5.41, 5.74) is 5.28. The number of rotatable bonds is 4. The minimum absolute atomic E-state index is 0.736. The minimum atomic E-state index is 0.736. The summed E-state index contributed by atoms with van der Waals surface area (Å²) < 4.78 is 7.81. The van der Waals surface area contributed by atoms with Crippen molar-refractivity contribution in [3.63, 3.8) is 0 Å². The van der Waals surface area contributed by atoms with Crippen LogP contribution in [0, 0.1) is 13.8 Å². The Balaban J connectivity index is 2.13. The number of fused-ring (bicyclic) bond motifs is 1. The molecule has 3 heteroatoms. The Bertz CT molecular complexity index is 623. The van der Waals surface area contributed by atoms with E-state index in [1.54, 1.807) is 7.11 Å². The molecule has 1 fully saturated rings. The number of hydrogen-bond acceptors (Lipinski definition) is 2. The largest absolute Gasteiger partial charge is 0.495 e. The van der Waals surface area contributed by atoms with E-state index in [4.69, 9.17) is 4.74 Å². The molecule has 1 N–H and O–H groups in total. The number of aromatic nitrogens is 1. The summed E-state index contributed by atoms with van der Waals surface area (Å²) in [5, 5.41) is 4.95. The number of nitrogens with zero attached hydrogens (tertiary/aromatic N) is 1. The molecule has 102 valence electrons. The number of ether oxygens (including phenoxy) is 1. The number of nitrogens with one attached hydrogen (secondary N) is 1. The Kier molecular flexibility index (Phi) is 3.02. The summed E-state index contributed by atoms with van der Waals surface area (Å²) in [7, 11) is 3.88. The van der Waals surface area contributed by atoms with Crippen molar-refractivity contribution in [2.75, 3.05) is 7.11 Å². The fraction of sp³-hybridized carbons (Fsp3) is 0.500. The van der Waals surface area contributed by atoms with Gasteiger partial charge in [0.05, 0.1) is 12.6 Å². The first-order chi connectivity index (χ1) is 9.13. The Morgan fingerprint density at radius 1 is 1.32 bits per heavy atom.